The van der Waals surface area contributed by atoms with Gasteiger partial charge in [0.25, 0.3) is 0 Å². The number of phenolic OH excluding ortho intramolecular Hbond substituents is 1. The smallest absolute Gasteiger partial charge is 0.338 e. The van der Waals surface area contributed by atoms with Crippen LogP contribution in [0.1, 0.15) is 36.5 Å². The predicted octanol–water partition coefficient (Wildman–Crippen LogP) is 2.65. The van der Waals surface area contributed by atoms with E-state index in [2.05, 4.69) is 0 Å². The molecule has 6 heteroatoms. The van der Waals surface area contributed by atoms with Gasteiger partial charge in [0.15, 0.2) is 0 Å². The Morgan fingerprint density at radius 1 is 1.38 bits per heavy atom. The number of rotatable bonds is 3. The van der Waals surface area contributed by atoms with Crippen LogP contribution in [0, 0.1) is 25.2 Å². The first-order chi connectivity index (χ1) is 11.3. The molecule has 0 saturated carbocycles. The highest BCUT2D eigenvalue weighted by molar-refractivity contribution is 5.92. The number of aryl methyl sites for hydroxylation is 2. The van der Waals surface area contributed by atoms with Crippen molar-refractivity contribution in [2.45, 2.75) is 33.6 Å². The number of benzene rings is 1. The summed E-state index contributed by atoms with van der Waals surface area (Å²) in [7, 11) is 0. The fourth-order valence-corrected chi connectivity index (χ4v) is 2.72. The Balaban J connectivity index is 2.72. The van der Waals surface area contributed by atoms with Gasteiger partial charge in [0.2, 0.25) is 5.88 Å². The first kappa shape index (κ1) is 17.4. The molecule has 1 atom stereocenters. The second kappa shape index (κ2) is 6.67. The zero-order valence-corrected chi connectivity index (χ0v) is 14.1. The topological polar surface area (TPSA) is 106 Å². The van der Waals surface area contributed by atoms with Gasteiger partial charge in [0.1, 0.15) is 23.2 Å². The van der Waals surface area contributed by atoms with Crippen molar-refractivity contribution in [2.24, 2.45) is 5.73 Å². The summed E-state index contributed by atoms with van der Waals surface area (Å²) in [6.07, 6.45) is 0. The number of nitriles is 1. The summed E-state index contributed by atoms with van der Waals surface area (Å²) in [6, 6.07) is 5.34. The van der Waals surface area contributed by atoms with Crippen LogP contribution in [0.5, 0.6) is 5.75 Å². The summed E-state index contributed by atoms with van der Waals surface area (Å²) in [5.41, 5.74) is 8.31. The van der Waals surface area contributed by atoms with Gasteiger partial charge < -0.3 is 20.3 Å². The number of aromatic hydroxyl groups is 1. The number of phenols is 1. The number of hydrogen-bond donors (Lipinski definition) is 2. The lowest BCUT2D eigenvalue weighted by atomic mass is 9.81. The fourth-order valence-electron chi connectivity index (χ4n) is 2.72. The molecular formula is C18H20N2O4. The van der Waals surface area contributed by atoms with Crippen LogP contribution in [0.15, 0.2) is 34.9 Å². The van der Waals surface area contributed by atoms with Crippen LogP contribution in [0.3, 0.4) is 0 Å². The van der Waals surface area contributed by atoms with E-state index in [-0.39, 0.29) is 35.1 Å². The van der Waals surface area contributed by atoms with Crippen LogP contribution in [-0.4, -0.2) is 17.7 Å². The third-order valence-electron chi connectivity index (χ3n) is 4.05. The number of ether oxygens (including phenoxy) is 2. The van der Waals surface area contributed by atoms with Crippen molar-refractivity contribution in [3.05, 3.63) is 51.6 Å². The largest absolute Gasteiger partial charge is 0.508 e. The summed E-state index contributed by atoms with van der Waals surface area (Å²) >= 11 is 0. The molecule has 126 valence electrons. The van der Waals surface area contributed by atoms with Gasteiger partial charge in [-0.15, -0.1) is 0 Å². The van der Waals surface area contributed by atoms with E-state index < -0.39 is 11.9 Å². The summed E-state index contributed by atoms with van der Waals surface area (Å²) in [6.45, 7) is 7.21. The van der Waals surface area contributed by atoms with Gasteiger partial charge in [-0.3, -0.25) is 0 Å². The Hall–Kier alpha value is -2.94. The molecule has 0 spiro atoms. The number of allylic oxidation sites excluding steroid dienone is 2. The van der Waals surface area contributed by atoms with Gasteiger partial charge in [-0.25, -0.2) is 4.79 Å². The number of nitrogens with two attached hydrogens (primary N) is 1. The van der Waals surface area contributed by atoms with Gasteiger partial charge in [0, 0.05) is 5.56 Å². The van der Waals surface area contributed by atoms with Crippen LogP contribution in [0.2, 0.25) is 0 Å². The Morgan fingerprint density at radius 3 is 2.58 bits per heavy atom. The van der Waals surface area contributed by atoms with Gasteiger partial charge in [-0.1, -0.05) is 6.07 Å². The molecule has 0 fully saturated rings. The second-order valence-electron chi connectivity index (χ2n) is 5.61. The van der Waals surface area contributed by atoms with Crippen LogP contribution < -0.4 is 5.73 Å². The number of carbonyl (C=O) groups is 1. The molecule has 1 aromatic rings. The van der Waals surface area contributed by atoms with E-state index in [0.717, 1.165) is 11.1 Å². The van der Waals surface area contributed by atoms with E-state index in [1.165, 1.54) is 0 Å². The van der Waals surface area contributed by atoms with Gasteiger partial charge in [0.05, 0.1) is 18.1 Å². The monoisotopic (exact) mass is 328 g/mol. The third-order valence-corrected chi connectivity index (χ3v) is 4.05. The lowest BCUT2D eigenvalue weighted by molar-refractivity contribution is -0.139. The highest BCUT2D eigenvalue weighted by Crippen LogP contribution is 2.43. The number of esters is 1. The molecule has 24 heavy (non-hydrogen) atoms. The van der Waals surface area contributed by atoms with E-state index in [4.69, 9.17) is 15.2 Å². The van der Waals surface area contributed by atoms with Crippen molar-refractivity contribution >= 4 is 5.97 Å². The molecule has 0 saturated heterocycles. The molecule has 1 aliphatic heterocycles. The minimum absolute atomic E-state index is 0.0138. The fraction of sp³-hybridized carbons (Fsp3) is 0.333. The quantitative estimate of drug-likeness (QED) is 0.826. The first-order valence-corrected chi connectivity index (χ1v) is 7.57. The van der Waals surface area contributed by atoms with Crippen LogP contribution in [0.25, 0.3) is 0 Å². The summed E-state index contributed by atoms with van der Waals surface area (Å²) in [5.74, 6) is -1.27. The zero-order chi connectivity index (χ0) is 18.0. The second-order valence-corrected chi connectivity index (χ2v) is 5.61. The SMILES string of the molecule is CCOC(=O)C1=C(C)OC(N)=C(C#N)C1c1cc(C)c(C)cc1O. The average molecular weight is 328 g/mol. The Labute approximate surface area is 140 Å². The number of carbonyl (C=O) groups excluding carboxylic acids is 1. The van der Waals surface area contributed by atoms with E-state index in [9.17, 15) is 15.2 Å². The number of hydrogen-bond acceptors (Lipinski definition) is 6. The molecule has 0 aliphatic carbocycles. The van der Waals surface area contributed by atoms with E-state index in [1.54, 1.807) is 26.0 Å². The molecular weight excluding hydrogens is 308 g/mol. The average Bonchev–Trinajstić information content (AvgIpc) is 2.50. The minimum Gasteiger partial charge on any atom is -0.508 e. The highest BCUT2D eigenvalue weighted by Gasteiger charge is 2.37. The molecule has 2 rings (SSSR count). The van der Waals surface area contributed by atoms with Crippen molar-refractivity contribution in [1.82, 2.24) is 0 Å². The van der Waals surface area contributed by atoms with E-state index in [0.29, 0.717) is 5.56 Å². The van der Waals surface area contributed by atoms with Gasteiger partial charge in [-0.2, -0.15) is 5.26 Å². The van der Waals surface area contributed by atoms with Crippen molar-refractivity contribution in [1.29, 1.82) is 5.26 Å². The normalized spacial score (nSPS) is 17.4. The van der Waals surface area contributed by atoms with Crippen molar-refractivity contribution in [3.63, 3.8) is 0 Å². The van der Waals surface area contributed by atoms with Gasteiger partial charge >= 0.3 is 5.97 Å². The minimum atomic E-state index is -0.831. The summed E-state index contributed by atoms with van der Waals surface area (Å²) in [5, 5.41) is 19.9. The Bertz CT molecular complexity index is 800. The Morgan fingerprint density at radius 2 is 2.00 bits per heavy atom. The maximum absolute atomic E-state index is 12.4. The predicted molar refractivity (Wildman–Crippen MR) is 87.6 cm³/mol. The molecule has 0 radical (unpaired) electrons. The lowest BCUT2D eigenvalue weighted by Crippen LogP contribution is -2.25. The van der Waals surface area contributed by atoms with E-state index in [1.807, 2.05) is 19.9 Å². The third kappa shape index (κ3) is 2.93. The molecule has 3 N–H and O–H groups in total. The molecule has 0 amide bonds. The summed E-state index contributed by atoms with van der Waals surface area (Å²) in [4.78, 5) is 12.4. The summed E-state index contributed by atoms with van der Waals surface area (Å²) < 4.78 is 10.4. The first-order valence-electron chi connectivity index (χ1n) is 7.57. The molecule has 6 nitrogen and oxygen atoms in total. The molecule has 0 bridgehead atoms. The van der Waals surface area contributed by atoms with Crippen molar-refractivity contribution in [3.8, 4) is 11.8 Å². The Kier molecular flexibility index (Phi) is 4.84. The van der Waals surface area contributed by atoms with Crippen molar-refractivity contribution in [2.75, 3.05) is 6.61 Å². The van der Waals surface area contributed by atoms with Crippen molar-refractivity contribution < 1.29 is 19.4 Å². The van der Waals surface area contributed by atoms with Crippen LogP contribution in [0.4, 0.5) is 0 Å². The molecule has 1 unspecified atom stereocenters. The van der Waals surface area contributed by atoms with Crippen LogP contribution >= 0.6 is 0 Å². The number of nitrogens with zero attached hydrogens (tertiary/aromatic N) is 1. The molecule has 1 heterocycles. The molecule has 1 aliphatic rings. The maximum Gasteiger partial charge on any atom is 0.338 e. The zero-order valence-electron chi connectivity index (χ0n) is 14.1. The maximum atomic E-state index is 12.4. The van der Waals surface area contributed by atoms with Gasteiger partial charge in [-0.05, 0) is 44.9 Å². The molecule has 1 aromatic carbocycles. The highest BCUT2D eigenvalue weighted by atomic mass is 16.5. The lowest BCUT2D eigenvalue weighted by Gasteiger charge is -2.27. The van der Waals surface area contributed by atoms with E-state index >= 15 is 0 Å². The molecule has 0 aromatic heterocycles. The van der Waals surface area contributed by atoms with Crippen LogP contribution in [-0.2, 0) is 14.3 Å². The standard InChI is InChI=1S/C18H20N2O4/c1-5-23-18(22)15-11(4)24-17(20)13(8-19)16(15)12-6-9(2)10(3)7-14(12)21/h6-7,16,21H,5,20H2,1-4H3.